The summed E-state index contributed by atoms with van der Waals surface area (Å²) < 4.78 is 0. The van der Waals surface area contributed by atoms with Gasteiger partial charge in [0.2, 0.25) is 0 Å². The number of rotatable bonds is 7. The van der Waals surface area contributed by atoms with Crippen LogP contribution in [0.15, 0.2) is 30.3 Å². The molecule has 20 heavy (non-hydrogen) atoms. The van der Waals surface area contributed by atoms with Crippen molar-refractivity contribution in [2.45, 2.75) is 50.7 Å². The zero-order valence-electron chi connectivity index (χ0n) is 12.5. The minimum absolute atomic E-state index is 0.370. The maximum absolute atomic E-state index is 10.6. The molecule has 1 aromatic carbocycles. The van der Waals surface area contributed by atoms with Crippen LogP contribution in [-0.4, -0.2) is 28.8 Å². The Hall–Kier alpha value is -0.510. The summed E-state index contributed by atoms with van der Waals surface area (Å²) in [4.78, 5) is 0. The molecule has 1 aliphatic rings. The predicted octanol–water partition coefficient (Wildman–Crippen LogP) is 3.77. The second-order valence-electron chi connectivity index (χ2n) is 5.82. The minimum atomic E-state index is -0.496. The highest BCUT2D eigenvalue weighted by molar-refractivity contribution is 7.99. The van der Waals surface area contributed by atoms with Crippen LogP contribution in [0.1, 0.15) is 50.6 Å². The molecule has 1 saturated heterocycles. The first-order valence-electron chi connectivity index (χ1n) is 7.82. The van der Waals surface area contributed by atoms with Gasteiger partial charge in [-0.2, -0.15) is 11.8 Å². The zero-order chi connectivity index (χ0) is 14.3. The van der Waals surface area contributed by atoms with Gasteiger partial charge in [-0.3, -0.25) is 0 Å². The zero-order valence-corrected chi connectivity index (χ0v) is 13.3. The molecule has 0 aromatic heterocycles. The van der Waals surface area contributed by atoms with Crippen LogP contribution in [0.4, 0.5) is 0 Å². The fourth-order valence-electron chi connectivity index (χ4n) is 2.72. The van der Waals surface area contributed by atoms with Gasteiger partial charge in [-0.25, -0.2) is 0 Å². The lowest BCUT2D eigenvalue weighted by Crippen LogP contribution is -2.44. The standard InChI is InChI=1S/C17H27NOS/c1-2-3-9-16(15-7-5-4-6-8-15)18-14-17(19)10-12-20-13-11-17/h4-8,16,18-19H,2-3,9-14H2,1H3. The van der Waals surface area contributed by atoms with E-state index in [0.717, 1.165) is 37.3 Å². The van der Waals surface area contributed by atoms with Crippen molar-refractivity contribution in [3.05, 3.63) is 35.9 Å². The highest BCUT2D eigenvalue weighted by Crippen LogP contribution is 2.28. The largest absolute Gasteiger partial charge is 0.389 e. The van der Waals surface area contributed by atoms with E-state index in [2.05, 4.69) is 42.6 Å². The van der Waals surface area contributed by atoms with Crippen molar-refractivity contribution >= 4 is 11.8 Å². The van der Waals surface area contributed by atoms with Crippen LogP contribution in [0, 0.1) is 0 Å². The van der Waals surface area contributed by atoms with Gasteiger partial charge in [0.1, 0.15) is 0 Å². The van der Waals surface area contributed by atoms with Crippen molar-refractivity contribution in [1.29, 1.82) is 0 Å². The van der Waals surface area contributed by atoms with Crippen molar-refractivity contribution in [2.75, 3.05) is 18.1 Å². The average molecular weight is 293 g/mol. The molecule has 0 radical (unpaired) electrons. The Kier molecular flexibility index (Phi) is 6.40. The van der Waals surface area contributed by atoms with Gasteiger partial charge < -0.3 is 10.4 Å². The van der Waals surface area contributed by atoms with E-state index in [0.29, 0.717) is 6.04 Å². The molecule has 1 unspecified atom stereocenters. The Labute approximate surface area is 127 Å². The first-order valence-corrected chi connectivity index (χ1v) is 8.97. The van der Waals surface area contributed by atoms with Crippen molar-refractivity contribution in [2.24, 2.45) is 0 Å². The lowest BCUT2D eigenvalue weighted by molar-refractivity contribution is 0.0292. The van der Waals surface area contributed by atoms with E-state index in [9.17, 15) is 5.11 Å². The average Bonchev–Trinajstić information content (AvgIpc) is 2.49. The Balaban J connectivity index is 1.93. The summed E-state index contributed by atoms with van der Waals surface area (Å²) in [6, 6.07) is 11.0. The number of aliphatic hydroxyl groups is 1. The Morgan fingerprint density at radius 2 is 1.95 bits per heavy atom. The molecule has 2 rings (SSSR count). The molecule has 3 heteroatoms. The maximum Gasteiger partial charge on any atom is 0.0787 e. The van der Waals surface area contributed by atoms with Crippen LogP contribution in [-0.2, 0) is 0 Å². The number of unbranched alkanes of at least 4 members (excludes halogenated alkanes) is 1. The molecule has 0 saturated carbocycles. The molecule has 0 bridgehead atoms. The normalized spacial score (nSPS) is 19.7. The minimum Gasteiger partial charge on any atom is -0.389 e. The quantitative estimate of drug-likeness (QED) is 0.803. The van der Waals surface area contributed by atoms with Gasteiger partial charge in [0.25, 0.3) is 0 Å². The lowest BCUT2D eigenvalue weighted by Gasteiger charge is -2.34. The highest BCUT2D eigenvalue weighted by Gasteiger charge is 2.30. The molecule has 0 spiro atoms. The lowest BCUT2D eigenvalue weighted by atomic mass is 9.94. The molecule has 1 aromatic rings. The molecule has 2 N–H and O–H groups in total. The Morgan fingerprint density at radius 1 is 1.25 bits per heavy atom. The summed E-state index contributed by atoms with van der Waals surface area (Å²) in [5, 5.41) is 14.2. The Bertz CT molecular complexity index is 376. The summed E-state index contributed by atoms with van der Waals surface area (Å²) in [5.41, 5.74) is 0.847. The number of hydrogen-bond donors (Lipinski definition) is 2. The molecule has 1 heterocycles. The van der Waals surface area contributed by atoms with Crippen LogP contribution in [0.2, 0.25) is 0 Å². The molecule has 1 atom stereocenters. The van der Waals surface area contributed by atoms with Crippen LogP contribution in [0.25, 0.3) is 0 Å². The van der Waals surface area contributed by atoms with Gasteiger partial charge in [0.15, 0.2) is 0 Å². The maximum atomic E-state index is 10.6. The number of nitrogens with one attached hydrogen (secondary N) is 1. The smallest absolute Gasteiger partial charge is 0.0787 e. The molecule has 1 aliphatic heterocycles. The topological polar surface area (TPSA) is 32.3 Å². The Morgan fingerprint density at radius 3 is 2.60 bits per heavy atom. The third-order valence-corrected chi connectivity index (χ3v) is 5.13. The van der Waals surface area contributed by atoms with Gasteiger partial charge in [-0.1, -0.05) is 50.1 Å². The summed E-state index contributed by atoms with van der Waals surface area (Å²) in [6.45, 7) is 2.95. The number of hydrogen-bond acceptors (Lipinski definition) is 3. The highest BCUT2D eigenvalue weighted by atomic mass is 32.2. The fourth-order valence-corrected chi connectivity index (χ4v) is 3.97. The van der Waals surface area contributed by atoms with E-state index in [4.69, 9.17) is 0 Å². The third-order valence-electron chi connectivity index (χ3n) is 4.15. The molecule has 0 aliphatic carbocycles. The van der Waals surface area contributed by atoms with Gasteiger partial charge in [-0.05, 0) is 36.3 Å². The van der Waals surface area contributed by atoms with Gasteiger partial charge in [-0.15, -0.1) is 0 Å². The molecule has 2 nitrogen and oxygen atoms in total. The second-order valence-corrected chi connectivity index (χ2v) is 7.05. The SMILES string of the molecule is CCCCC(NCC1(O)CCSCC1)c1ccccc1. The molecule has 112 valence electrons. The predicted molar refractivity (Wildman–Crippen MR) is 88.2 cm³/mol. The van der Waals surface area contributed by atoms with Gasteiger partial charge in [0, 0.05) is 12.6 Å². The third kappa shape index (κ3) is 4.80. The van der Waals surface area contributed by atoms with E-state index >= 15 is 0 Å². The summed E-state index contributed by atoms with van der Waals surface area (Å²) in [5.74, 6) is 2.17. The van der Waals surface area contributed by atoms with E-state index in [1.165, 1.54) is 18.4 Å². The molecule has 1 fully saturated rings. The van der Waals surface area contributed by atoms with Crippen LogP contribution in [0.5, 0.6) is 0 Å². The van der Waals surface area contributed by atoms with E-state index in [1.807, 2.05) is 11.8 Å². The van der Waals surface area contributed by atoms with Crippen LogP contribution < -0.4 is 5.32 Å². The van der Waals surface area contributed by atoms with E-state index < -0.39 is 5.60 Å². The van der Waals surface area contributed by atoms with E-state index in [-0.39, 0.29) is 0 Å². The summed E-state index contributed by atoms with van der Waals surface area (Å²) >= 11 is 1.95. The van der Waals surface area contributed by atoms with Gasteiger partial charge >= 0.3 is 0 Å². The van der Waals surface area contributed by atoms with Crippen molar-refractivity contribution in [3.63, 3.8) is 0 Å². The van der Waals surface area contributed by atoms with E-state index in [1.54, 1.807) is 0 Å². The summed E-state index contributed by atoms with van der Waals surface area (Å²) in [7, 11) is 0. The van der Waals surface area contributed by atoms with Crippen molar-refractivity contribution < 1.29 is 5.11 Å². The number of benzene rings is 1. The monoisotopic (exact) mass is 293 g/mol. The molecule has 0 amide bonds. The summed E-state index contributed by atoms with van der Waals surface area (Å²) in [6.07, 6.45) is 5.41. The van der Waals surface area contributed by atoms with Crippen molar-refractivity contribution in [1.82, 2.24) is 5.32 Å². The van der Waals surface area contributed by atoms with Crippen molar-refractivity contribution in [3.8, 4) is 0 Å². The van der Waals surface area contributed by atoms with Crippen LogP contribution in [0.3, 0.4) is 0 Å². The van der Waals surface area contributed by atoms with Crippen LogP contribution >= 0.6 is 11.8 Å². The second kappa shape index (κ2) is 8.06. The number of thioether (sulfide) groups is 1. The first-order chi connectivity index (χ1) is 9.73. The molecular weight excluding hydrogens is 266 g/mol. The first kappa shape index (κ1) is 15.9. The fraction of sp³-hybridized carbons (Fsp3) is 0.647. The van der Waals surface area contributed by atoms with Gasteiger partial charge in [0.05, 0.1) is 5.60 Å². The molecular formula is C17H27NOS.